The molecule has 2 aromatic heterocycles. The van der Waals surface area contributed by atoms with E-state index in [0.29, 0.717) is 28.6 Å². The first-order valence-corrected chi connectivity index (χ1v) is 14.0. The van der Waals surface area contributed by atoms with Crippen LogP contribution in [0.15, 0.2) is 42.5 Å². The number of thiazole rings is 1. The van der Waals surface area contributed by atoms with Gasteiger partial charge >= 0.3 is 6.18 Å². The maximum absolute atomic E-state index is 14.6. The lowest BCUT2D eigenvalue weighted by molar-refractivity contribution is -0.149. The number of aromatic nitrogens is 2. The number of hydrogen-bond acceptors (Lipinski definition) is 7. The summed E-state index contributed by atoms with van der Waals surface area (Å²) in [5.41, 5.74) is 10.3. The molecule has 2 fully saturated rings. The maximum atomic E-state index is 14.6. The number of nitrogen functional groups attached to an aromatic ring is 1. The highest BCUT2D eigenvalue weighted by Gasteiger charge is 2.91. The molecule has 0 saturated heterocycles. The Hall–Kier alpha value is -3.97. The molecule has 42 heavy (non-hydrogen) atoms. The molecule has 1 spiro atoms. The highest BCUT2D eigenvalue weighted by molar-refractivity contribution is 7.22. The lowest BCUT2D eigenvalue weighted by atomic mass is 9.88. The number of hydrogen-bond donors (Lipinski definition) is 3. The number of carbonyl (C=O) groups excluding carboxylic acids is 2. The highest BCUT2D eigenvalue weighted by Crippen LogP contribution is 2.83. The molecule has 2 amide bonds. The first kappa shape index (κ1) is 26.9. The monoisotopic (exact) mass is 617 g/mol. The van der Waals surface area contributed by atoms with E-state index in [9.17, 15) is 27.2 Å². The van der Waals surface area contributed by atoms with E-state index >= 15 is 0 Å². The Morgan fingerprint density at radius 3 is 2.52 bits per heavy atom. The molecule has 1 aliphatic heterocycles. The Kier molecular flexibility index (Phi) is 5.62. The van der Waals surface area contributed by atoms with Crippen molar-refractivity contribution >= 4 is 50.1 Å². The van der Waals surface area contributed by atoms with Gasteiger partial charge in [0.05, 0.1) is 15.4 Å². The lowest BCUT2D eigenvalue weighted by Crippen LogP contribution is -2.36. The summed E-state index contributed by atoms with van der Waals surface area (Å²) in [5, 5.41) is 2.70. The van der Waals surface area contributed by atoms with Crippen LogP contribution in [0.3, 0.4) is 0 Å². The fourth-order valence-electron chi connectivity index (χ4n) is 6.35. The standard InChI is InChI=1S/C28H20ClF4N5O3S/c29-16-7-12(8-18-20(16)38-25(35)42-18)22(39)36-10-15(28(31,32)33)17-9-14-21(19(37-17)11-1-3-13(30)4-2-11)41-23-26(5-6-26)27(14,23)24(34)40/h1-4,7-9,15,23H,5-6,10H2,(H2,34,40)(H2,35,38)(H,36,39)/t15-,23?,27+/m1/s1. The van der Waals surface area contributed by atoms with Gasteiger partial charge in [0.1, 0.15) is 34.5 Å². The quantitative estimate of drug-likeness (QED) is 0.258. The fourth-order valence-corrected chi connectivity index (χ4v) is 7.47. The Balaban J connectivity index is 1.28. The van der Waals surface area contributed by atoms with Crippen molar-refractivity contribution in [1.82, 2.24) is 15.3 Å². The van der Waals surface area contributed by atoms with E-state index in [1.54, 1.807) is 0 Å². The van der Waals surface area contributed by atoms with Gasteiger partial charge in [0.25, 0.3) is 5.91 Å². The van der Waals surface area contributed by atoms with Crippen LogP contribution in [0, 0.1) is 11.2 Å². The zero-order valence-corrected chi connectivity index (χ0v) is 23.0. The van der Waals surface area contributed by atoms with Crippen molar-refractivity contribution in [3.05, 3.63) is 70.1 Å². The molecule has 2 aliphatic carbocycles. The summed E-state index contributed by atoms with van der Waals surface area (Å²) in [4.78, 5) is 34.2. The predicted molar refractivity (Wildman–Crippen MR) is 147 cm³/mol. The van der Waals surface area contributed by atoms with E-state index in [0.717, 1.165) is 23.5 Å². The van der Waals surface area contributed by atoms with Crippen molar-refractivity contribution in [2.45, 2.75) is 36.5 Å². The van der Waals surface area contributed by atoms with Crippen LogP contribution < -0.4 is 21.5 Å². The summed E-state index contributed by atoms with van der Waals surface area (Å²) < 4.78 is 64.1. The number of fused-ring (bicyclic) bond motifs is 6. The summed E-state index contributed by atoms with van der Waals surface area (Å²) in [7, 11) is 0. The molecule has 3 heterocycles. The van der Waals surface area contributed by atoms with Crippen molar-refractivity contribution < 1.29 is 31.9 Å². The van der Waals surface area contributed by atoms with Gasteiger partial charge in [0.15, 0.2) is 10.9 Å². The zero-order valence-electron chi connectivity index (χ0n) is 21.4. The van der Waals surface area contributed by atoms with Crippen molar-refractivity contribution in [2.24, 2.45) is 11.1 Å². The number of alkyl halides is 3. The third-order valence-electron chi connectivity index (χ3n) is 8.49. The molecular weight excluding hydrogens is 598 g/mol. The summed E-state index contributed by atoms with van der Waals surface area (Å²) in [5.74, 6) is -4.13. The van der Waals surface area contributed by atoms with Gasteiger partial charge in [0, 0.05) is 28.7 Å². The van der Waals surface area contributed by atoms with E-state index in [1.165, 1.54) is 30.3 Å². The molecule has 2 aromatic carbocycles. The van der Waals surface area contributed by atoms with Crippen LogP contribution in [0.4, 0.5) is 22.7 Å². The fraction of sp³-hybridized carbons (Fsp3) is 0.286. The first-order chi connectivity index (χ1) is 19.9. The second-order valence-electron chi connectivity index (χ2n) is 10.8. The Morgan fingerprint density at radius 2 is 1.88 bits per heavy atom. The van der Waals surface area contributed by atoms with Crippen LogP contribution in [0.25, 0.3) is 21.5 Å². The number of nitrogens with two attached hydrogens (primary N) is 2. The van der Waals surface area contributed by atoms with E-state index in [-0.39, 0.29) is 32.7 Å². The number of pyridine rings is 1. The van der Waals surface area contributed by atoms with Gasteiger partial charge in [-0.3, -0.25) is 9.59 Å². The van der Waals surface area contributed by atoms with Crippen molar-refractivity contribution in [2.75, 3.05) is 12.3 Å². The minimum Gasteiger partial charge on any atom is -0.486 e. The van der Waals surface area contributed by atoms with E-state index < -0.39 is 58.9 Å². The van der Waals surface area contributed by atoms with Crippen LogP contribution in [0.1, 0.15) is 40.4 Å². The van der Waals surface area contributed by atoms with Gasteiger partial charge in [-0.1, -0.05) is 22.9 Å². The Bertz CT molecular complexity index is 1830. The molecule has 8 nitrogen and oxygen atoms in total. The van der Waals surface area contributed by atoms with Crippen molar-refractivity contribution in [1.29, 1.82) is 0 Å². The minimum absolute atomic E-state index is 0.0311. The van der Waals surface area contributed by atoms with Crippen LogP contribution >= 0.6 is 22.9 Å². The smallest absolute Gasteiger partial charge is 0.398 e. The number of nitrogens with one attached hydrogen (secondary N) is 1. The number of benzene rings is 2. The van der Waals surface area contributed by atoms with Gasteiger partial charge in [-0.25, -0.2) is 14.4 Å². The van der Waals surface area contributed by atoms with Crippen LogP contribution in [-0.2, 0) is 10.2 Å². The number of nitrogens with zero attached hydrogens (tertiary/aromatic N) is 2. The van der Waals surface area contributed by atoms with Crippen molar-refractivity contribution in [3.8, 4) is 17.0 Å². The average Bonchev–Trinajstić information content (AvgIpc) is 3.71. The van der Waals surface area contributed by atoms with Gasteiger partial charge in [-0.05, 0) is 55.3 Å². The van der Waals surface area contributed by atoms with Gasteiger partial charge in [0.2, 0.25) is 5.91 Å². The number of anilines is 1. The number of primary amides is 1. The molecular formula is C28H20ClF4N5O3S. The molecule has 0 radical (unpaired) electrons. The molecule has 1 unspecified atom stereocenters. The van der Waals surface area contributed by atoms with Crippen LogP contribution in [0.5, 0.6) is 5.75 Å². The van der Waals surface area contributed by atoms with Gasteiger partial charge in [-0.2, -0.15) is 13.2 Å². The summed E-state index contributed by atoms with van der Waals surface area (Å²) in [6, 6.07) is 9.01. The van der Waals surface area contributed by atoms with Crippen LogP contribution in [-0.4, -0.2) is 40.6 Å². The van der Waals surface area contributed by atoms with Crippen LogP contribution in [0.2, 0.25) is 5.02 Å². The average molecular weight is 618 g/mol. The predicted octanol–water partition coefficient (Wildman–Crippen LogP) is 5.09. The Labute approximate surface area is 244 Å². The number of ether oxygens (including phenoxy) is 1. The lowest BCUT2D eigenvalue weighted by Gasteiger charge is -2.24. The highest BCUT2D eigenvalue weighted by atomic mass is 35.5. The summed E-state index contributed by atoms with van der Waals surface area (Å²) in [6.45, 7) is -0.865. The molecule has 7 rings (SSSR count). The van der Waals surface area contributed by atoms with Gasteiger partial charge < -0.3 is 21.5 Å². The number of amides is 2. The second kappa shape index (κ2) is 8.77. The number of halogens is 5. The summed E-state index contributed by atoms with van der Waals surface area (Å²) in [6.07, 6.45) is -4.14. The SMILES string of the molecule is NC(=O)[C@]12c3cc([C@@H](CNC(=O)c4cc(Cl)c5nc(N)sc5c4)C(F)(F)F)nc(-c4ccc(F)cc4)c3OC1C21CC1. The van der Waals surface area contributed by atoms with Crippen molar-refractivity contribution in [3.63, 3.8) is 0 Å². The van der Waals surface area contributed by atoms with E-state index in [1.807, 2.05) is 0 Å². The molecule has 0 bridgehead atoms. The molecule has 14 heteroatoms. The maximum Gasteiger partial charge on any atom is 0.398 e. The van der Waals surface area contributed by atoms with Gasteiger partial charge in [-0.15, -0.1) is 0 Å². The molecule has 3 atom stereocenters. The molecule has 4 aromatic rings. The third kappa shape index (κ3) is 3.72. The first-order valence-electron chi connectivity index (χ1n) is 12.9. The molecule has 216 valence electrons. The second-order valence-corrected chi connectivity index (χ2v) is 12.2. The summed E-state index contributed by atoms with van der Waals surface area (Å²) >= 11 is 7.31. The molecule has 3 aliphatic rings. The topological polar surface area (TPSA) is 133 Å². The number of rotatable bonds is 6. The largest absolute Gasteiger partial charge is 0.486 e. The van der Waals surface area contributed by atoms with E-state index in [4.69, 9.17) is 27.8 Å². The zero-order chi connectivity index (χ0) is 29.8. The minimum atomic E-state index is -4.85. The number of carbonyl (C=O) groups is 2. The molecule has 5 N–H and O–H groups in total. The van der Waals surface area contributed by atoms with E-state index in [2.05, 4.69) is 15.3 Å². The molecule has 2 saturated carbocycles. The Morgan fingerprint density at radius 1 is 1.17 bits per heavy atom. The normalized spacial score (nSPS) is 21.9. The third-order valence-corrected chi connectivity index (χ3v) is 9.61.